The van der Waals surface area contributed by atoms with Crippen LogP contribution in [0, 0.1) is 0 Å². The summed E-state index contributed by atoms with van der Waals surface area (Å²) >= 11 is 5.83. The molecule has 2 aromatic carbocycles. The number of rotatable bonds is 5. The Balaban J connectivity index is 2.33. The average Bonchev–Trinajstić information content (AvgIpc) is 2.52. The number of hydrogen-bond acceptors (Lipinski definition) is 5. The van der Waals surface area contributed by atoms with Crippen LogP contribution in [0.15, 0.2) is 30.3 Å². The lowest BCUT2D eigenvalue weighted by atomic mass is 10.1. The van der Waals surface area contributed by atoms with Crippen molar-refractivity contribution in [1.82, 2.24) is 0 Å². The summed E-state index contributed by atoms with van der Waals surface area (Å²) in [4.78, 5) is 23.1. The first kappa shape index (κ1) is 20.2. The molecule has 3 N–H and O–H groups in total. The number of halogens is 4. The third kappa shape index (κ3) is 4.94. The number of aromatic hydroxyl groups is 1. The highest BCUT2D eigenvalue weighted by Gasteiger charge is 2.33. The van der Waals surface area contributed by atoms with E-state index >= 15 is 0 Å². The Bertz CT molecular complexity index is 900. The molecule has 0 saturated carbocycles. The molecule has 11 heteroatoms. The summed E-state index contributed by atoms with van der Waals surface area (Å²) in [6.07, 6.45) is -5.04. The molecule has 0 bridgehead atoms. The Morgan fingerprint density at radius 1 is 1.19 bits per heavy atom. The highest BCUT2D eigenvalue weighted by atomic mass is 35.5. The van der Waals surface area contributed by atoms with Crippen molar-refractivity contribution in [2.45, 2.75) is 6.36 Å². The summed E-state index contributed by atoms with van der Waals surface area (Å²) in [6.45, 7) is 0. The predicted octanol–water partition coefficient (Wildman–Crippen LogP) is 3.90. The number of anilines is 1. The maximum absolute atomic E-state index is 12.5. The number of carboxylic acids is 1. The van der Waals surface area contributed by atoms with Gasteiger partial charge in [-0.15, -0.1) is 13.2 Å². The van der Waals surface area contributed by atoms with E-state index in [0.29, 0.717) is 0 Å². The number of benzene rings is 2. The number of carbonyl (C=O) groups is 2. The quantitative estimate of drug-likeness (QED) is 0.696. The third-order valence-corrected chi connectivity index (χ3v) is 3.47. The van der Waals surface area contributed by atoms with Gasteiger partial charge in [-0.2, -0.15) is 0 Å². The molecule has 0 atom stereocenters. The number of ether oxygens (including phenoxy) is 2. The number of methoxy groups -OCH3 is 1. The molecule has 0 radical (unpaired) electrons. The van der Waals surface area contributed by atoms with Crippen LogP contribution in [0.1, 0.15) is 20.7 Å². The van der Waals surface area contributed by atoms with E-state index in [1.54, 1.807) is 0 Å². The molecule has 0 saturated heterocycles. The first-order valence-electron chi connectivity index (χ1n) is 7.02. The van der Waals surface area contributed by atoms with E-state index in [0.717, 1.165) is 31.4 Å². The molecule has 1 amide bonds. The van der Waals surface area contributed by atoms with Crippen molar-refractivity contribution in [2.75, 3.05) is 12.4 Å². The molecule has 0 aliphatic carbocycles. The first-order chi connectivity index (χ1) is 12.5. The topological polar surface area (TPSA) is 105 Å². The second-order valence-electron chi connectivity index (χ2n) is 5.03. The molecule has 0 aliphatic rings. The highest BCUT2D eigenvalue weighted by Crippen LogP contribution is 2.39. The fraction of sp³-hybridized carbons (Fsp3) is 0.125. The minimum Gasteiger partial charge on any atom is -0.507 e. The summed E-state index contributed by atoms with van der Waals surface area (Å²) < 4.78 is 46.1. The van der Waals surface area contributed by atoms with Crippen LogP contribution in [0.25, 0.3) is 0 Å². The SMILES string of the molecule is COc1c(Cl)cc(C(=O)Nc2ccc(C(=O)O)c(O)c2)cc1OC(F)(F)F. The van der Waals surface area contributed by atoms with Gasteiger partial charge in [-0.05, 0) is 24.3 Å². The van der Waals surface area contributed by atoms with Crippen molar-refractivity contribution in [3.05, 3.63) is 46.5 Å². The van der Waals surface area contributed by atoms with Crippen molar-refractivity contribution in [2.24, 2.45) is 0 Å². The van der Waals surface area contributed by atoms with Crippen molar-refractivity contribution in [3.8, 4) is 17.2 Å². The van der Waals surface area contributed by atoms with Crippen LogP contribution >= 0.6 is 11.6 Å². The second-order valence-corrected chi connectivity index (χ2v) is 5.44. The largest absolute Gasteiger partial charge is 0.573 e. The minimum atomic E-state index is -5.04. The summed E-state index contributed by atoms with van der Waals surface area (Å²) in [7, 11) is 1.08. The van der Waals surface area contributed by atoms with Gasteiger partial charge in [0.15, 0.2) is 11.5 Å². The maximum atomic E-state index is 12.5. The molecule has 0 aliphatic heterocycles. The van der Waals surface area contributed by atoms with Crippen LogP contribution < -0.4 is 14.8 Å². The van der Waals surface area contributed by atoms with Crippen molar-refractivity contribution >= 4 is 29.2 Å². The normalized spacial score (nSPS) is 11.0. The molecular weight excluding hydrogens is 395 g/mol. The average molecular weight is 406 g/mol. The van der Waals surface area contributed by atoms with E-state index in [-0.39, 0.29) is 21.8 Å². The number of phenols is 1. The van der Waals surface area contributed by atoms with Gasteiger partial charge in [0, 0.05) is 17.3 Å². The maximum Gasteiger partial charge on any atom is 0.573 e. The summed E-state index contributed by atoms with van der Waals surface area (Å²) in [5, 5.41) is 20.4. The van der Waals surface area contributed by atoms with Crippen LogP contribution in [0.5, 0.6) is 17.2 Å². The molecular formula is C16H11ClF3NO6. The number of aromatic carboxylic acids is 1. The lowest BCUT2D eigenvalue weighted by molar-refractivity contribution is -0.275. The van der Waals surface area contributed by atoms with E-state index in [2.05, 4.69) is 10.1 Å². The van der Waals surface area contributed by atoms with E-state index in [1.165, 1.54) is 6.07 Å². The Labute approximate surface area is 154 Å². The number of carboxylic acid groups (broad SMARTS) is 1. The number of alkyl halides is 3. The first-order valence-corrected chi connectivity index (χ1v) is 7.40. The summed E-state index contributed by atoms with van der Waals surface area (Å²) in [5.41, 5.74) is -0.670. The van der Waals surface area contributed by atoms with E-state index in [4.69, 9.17) is 21.4 Å². The molecule has 7 nitrogen and oxygen atoms in total. The van der Waals surface area contributed by atoms with E-state index in [9.17, 15) is 27.9 Å². The van der Waals surface area contributed by atoms with Gasteiger partial charge in [0.25, 0.3) is 5.91 Å². The number of amides is 1. The van der Waals surface area contributed by atoms with Crippen molar-refractivity contribution in [3.63, 3.8) is 0 Å². The Kier molecular flexibility index (Phi) is 5.69. The van der Waals surface area contributed by atoms with Gasteiger partial charge in [0.1, 0.15) is 11.3 Å². The van der Waals surface area contributed by atoms with Gasteiger partial charge < -0.3 is 25.0 Å². The predicted molar refractivity (Wildman–Crippen MR) is 87.7 cm³/mol. The van der Waals surface area contributed by atoms with Gasteiger partial charge in [0.05, 0.1) is 12.1 Å². The zero-order chi connectivity index (χ0) is 20.4. The monoisotopic (exact) mass is 405 g/mol. The van der Waals surface area contributed by atoms with Crippen LogP contribution in [-0.2, 0) is 0 Å². The molecule has 2 rings (SSSR count). The third-order valence-electron chi connectivity index (χ3n) is 3.19. The number of carbonyl (C=O) groups excluding carboxylic acids is 1. The smallest absolute Gasteiger partial charge is 0.507 e. The van der Waals surface area contributed by atoms with Crippen LogP contribution in [0.3, 0.4) is 0 Å². The second kappa shape index (κ2) is 7.62. The number of nitrogens with one attached hydrogen (secondary N) is 1. The van der Waals surface area contributed by atoms with E-state index < -0.39 is 35.5 Å². The molecule has 0 heterocycles. The molecule has 0 fully saturated rings. The summed E-state index contributed by atoms with van der Waals surface area (Å²) in [5.74, 6) is -4.08. The van der Waals surface area contributed by atoms with Gasteiger partial charge in [-0.25, -0.2) is 4.79 Å². The van der Waals surface area contributed by atoms with Gasteiger partial charge in [-0.1, -0.05) is 11.6 Å². The van der Waals surface area contributed by atoms with E-state index in [1.807, 2.05) is 0 Å². The van der Waals surface area contributed by atoms with Gasteiger partial charge in [0.2, 0.25) is 0 Å². The van der Waals surface area contributed by atoms with Crippen molar-refractivity contribution < 1.29 is 42.4 Å². The zero-order valence-corrected chi connectivity index (χ0v) is 14.2. The fourth-order valence-electron chi connectivity index (χ4n) is 2.09. The molecule has 144 valence electrons. The summed E-state index contributed by atoms with van der Waals surface area (Å²) in [6, 6.07) is 5.05. The fourth-order valence-corrected chi connectivity index (χ4v) is 2.38. The molecule has 0 aromatic heterocycles. The molecule has 27 heavy (non-hydrogen) atoms. The Morgan fingerprint density at radius 3 is 2.37 bits per heavy atom. The Hall–Kier alpha value is -3.14. The van der Waals surface area contributed by atoms with Crippen LogP contribution in [0.2, 0.25) is 5.02 Å². The minimum absolute atomic E-state index is 0.00716. The van der Waals surface area contributed by atoms with Crippen LogP contribution in [-0.4, -0.2) is 35.6 Å². The molecule has 2 aromatic rings. The van der Waals surface area contributed by atoms with Crippen LogP contribution in [0.4, 0.5) is 18.9 Å². The van der Waals surface area contributed by atoms with Gasteiger partial charge in [-0.3, -0.25) is 4.79 Å². The molecule has 0 spiro atoms. The lowest BCUT2D eigenvalue weighted by Gasteiger charge is -2.15. The highest BCUT2D eigenvalue weighted by molar-refractivity contribution is 6.32. The lowest BCUT2D eigenvalue weighted by Crippen LogP contribution is -2.19. The van der Waals surface area contributed by atoms with Crippen molar-refractivity contribution in [1.29, 1.82) is 0 Å². The number of hydrogen-bond donors (Lipinski definition) is 3. The zero-order valence-electron chi connectivity index (χ0n) is 13.4. The molecule has 0 unspecified atom stereocenters. The Morgan fingerprint density at radius 2 is 1.85 bits per heavy atom. The van der Waals surface area contributed by atoms with Gasteiger partial charge >= 0.3 is 12.3 Å². The standard InChI is InChI=1S/C16H11ClF3NO6/c1-26-13-10(17)4-7(5-12(13)27-16(18,19)20)14(23)21-8-2-3-9(15(24)25)11(22)6-8/h2-6,22H,1H3,(H,21,23)(H,24,25).